The fraction of sp³-hybridized carbons (Fsp3) is 0.471. The van der Waals surface area contributed by atoms with Crippen LogP contribution in [0.25, 0.3) is 11.4 Å². The van der Waals surface area contributed by atoms with E-state index in [1.54, 1.807) is 12.1 Å². The predicted octanol–water partition coefficient (Wildman–Crippen LogP) is 3.32. The lowest BCUT2D eigenvalue weighted by atomic mass is 9.84. The maximum Gasteiger partial charge on any atom is 0.433 e. The quantitative estimate of drug-likeness (QED) is 0.832. The van der Waals surface area contributed by atoms with Crippen LogP contribution in [-0.4, -0.2) is 40.2 Å². The summed E-state index contributed by atoms with van der Waals surface area (Å²) in [6.45, 7) is 2.03. The Bertz CT molecular complexity index is 752. The van der Waals surface area contributed by atoms with Crippen molar-refractivity contribution >= 4 is 5.82 Å². The van der Waals surface area contributed by atoms with E-state index in [1.807, 2.05) is 4.90 Å². The summed E-state index contributed by atoms with van der Waals surface area (Å²) in [6.07, 6.45) is 1.15. The number of anilines is 1. The molecule has 8 heteroatoms. The molecule has 2 saturated heterocycles. The molecule has 0 N–H and O–H groups in total. The van der Waals surface area contributed by atoms with Crippen molar-refractivity contribution in [3.63, 3.8) is 0 Å². The number of rotatable bonds is 2. The van der Waals surface area contributed by atoms with E-state index < -0.39 is 11.9 Å². The molecule has 2 aromatic heterocycles. The van der Waals surface area contributed by atoms with Crippen LogP contribution in [-0.2, 0) is 10.9 Å². The topological polar surface area (TPSA) is 51.1 Å². The van der Waals surface area contributed by atoms with Gasteiger partial charge in [0.05, 0.1) is 12.2 Å². The predicted molar refractivity (Wildman–Crippen MR) is 85.0 cm³/mol. The van der Waals surface area contributed by atoms with E-state index in [0.717, 1.165) is 31.9 Å². The second kappa shape index (κ2) is 5.94. The standard InChI is InChI=1S/C17H17F3N4O/c18-17(19,20)13-11-14(23-15(22-13)12-1-6-21-7-2-12)24-8-3-16(4-9-24)5-10-25-16/h1-2,6-7,11H,3-5,8-10H2. The zero-order chi connectivity index (χ0) is 17.5. The van der Waals surface area contributed by atoms with E-state index in [1.165, 1.54) is 12.4 Å². The number of hydrogen-bond acceptors (Lipinski definition) is 5. The average Bonchev–Trinajstić information content (AvgIpc) is 2.60. The van der Waals surface area contributed by atoms with Crippen molar-refractivity contribution in [2.75, 3.05) is 24.6 Å². The lowest BCUT2D eigenvalue weighted by Gasteiger charge is -2.47. The normalized spacial score (nSPS) is 19.7. The third-order valence-corrected chi connectivity index (χ3v) is 4.91. The van der Waals surface area contributed by atoms with Gasteiger partial charge in [0.2, 0.25) is 0 Å². The SMILES string of the molecule is FC(F)(F)c1cc(N2CCC3(CCO3)CC2)nc(-c2ccncc2)n1. The highest BCUT2D eigenvalue weighted by Gasteiger charge is 2.42. The molecule has 4 rings (SSSR count). The molecule has 0 radical (unpaired) electrons. The Morgan fingerprint density at radius 2 is 1.72 bits per heavy atom. The Hall–Kier alpha value is -2.22. The first-order chi connectivity index (χ1) is 12.0. The summed E-state index contributed by atoms with van der Waals surface area (Å²) in [6, 6.07) is 4.24. The minimum Gasteiger partial charge on any atom is -0.375 e. The van der Waals surface area contributed by atoms with E-state index in [0.29, 0.717) is 24.5 Å². The van der Waals surface area contributed by atoms with Crippen molar-refractivity contribution < 1.29 is 17.9 Å². The van der Waals surface area contributed by atoms with Gasteiger partial charge in [-0.1, -0.05) is 0 Å². The first-order valence-electron chi connectivity index (χ1n) is 8.21. The number of pyridine rings is 1. The van der Waals surface area contributed by atoms with E-state index in [2.05, 4.69) is 15.0 Å². The molecule has 0 aromatic carbocycles. The Labute approximate surface area is 142 Å². The summed E-state index contributed by atoms with van der Waals surface area (Å²) in [4.78, 5) is 13.9. The maximum absolute atomic E-state index is 13.3. The van der Waals surface area contributed by atoms with Gasteiger partial charge in [-0.3, -0.25) is 4.98 Å². The van der Waals surface area contributed by atoms with Crippen LogP contribution in [0.1, 0.15) is 25.0 Å². The summed E-state index contributed by atoms with van der Waals surface area (Å²) < 4.78 is 45.5. The van der Waals surface area contributed by atoms with Gasteiger partial charge in [-0.15, -0.1) is 0 Å². The van der Waals surface area contributed by atoms with Crippen molar-refractivity contribution in [2.45, 2.75) is 31.0 Å². The lowest BCUT2D eigenvalue weighted by Crippen LogP contribution is -2.52. The summed E-state index contributed by atoms with van der Waals surface area (Å²) in [5.74, 6) is 0.371. The molecular weight excluding hydrogens is 333 g/mol. The lowest BCUT2D eigenvalue weighted by molar-refractivity contribution is -0.158. The van der Waals surface area contributed by atoms with Crippen molar-refractivity contribution in [3.8, 4) is 11.4 Å². The molecule has 2 fully saturated rings. The van der Waals surface area contributed by atoms with Gasteiger partial charge in [0, 0.05) is 37.1 Å². The van der Waals surface area contributed by atoms with Crippen LogP contribution in [0.2, 0.25) is 0 Å². The van der Waals surface area contributed by atoms with Crippen LogP contribution in [0.4, 0.5) is 19.0 Å². The molecule has 25 heavy (non-hydrogen) atoms. The second-order valence-corrected chi connectivity index (χ2v) is 6.44. The van der Waals surface area contributed by atoms with Crippen LogP contribution in [0.3, 0.4) is 0 Å². The highest BCUT2D eigenvalue weighted by Crippen LogP contribution is 2.38. The largest absolute Gasteiger partial charge is 0.433 e. The number of ether oxygens (including phenoxy) is 1. The molecule has 5 nitrogen and oxygen atoms in total. The molecule has 2 aliphatic rings. The molecule has 4 heterocycles. The molecule has 132 valence electrons. The summed E-state index contributed by atoms with van der Waals surface area (Å²) in [5, 5.41) is 0. The maximum atomic E-state index is 13.3. The molecule has 0 aliphatic carbocycles. The van der Waals surface area contributed by atoms with Crippen LogP contribution >= 0.6 is 0 Å². The van der Waals surface area contributed by atoms with E-state index in [4.69, 9.17) is 4.74 Å². The van der Waals surface area contributed by atoms with Crippen LogP contribution < -0.4 is 4.90 Å². The van der Waals surface area contributed by atoms with Crippen LogP contribution in [0, 0.1) is 0 Å². The van der Waals surface area contributed by atoms with Crippen LogP contribution in [0.5, 0.6) is 0 Å². The third kappa shape index (κ3) is 3.18. The molecule has 0 saturated carbocycles. The molecule has 1 spiro atoms. The minimum atomic E-state index is -4.52. The molecule has 2 aliphatic heterocycles. The molecule has 0 bridgehead atoms. The van der Waals surface area contributed by atoms with Gasteiger partial charge in [-0.25, -0.2) is 9.97 Å². The monoisotopic (exact) mass is 350 g/mol. The average molecular weight is 350 g/mol. The van der Waals surface area contributed by atoms with Crippen molar-refractivity contribution in [1.82, 2.24) is 15.0 Å². The third-order valence-electron chi connectivity index (χ3n) is 4.91. The molecular formula is C17H17F3N4O. The first-order valence-corrected chi connectivity index (χ1v) is 8.21. The summed E-state index contributed by atoms with van der Waals surface area (Å²) in [7, 11) is 0. The van der Waals surface area contributed by atoms with Gasteiger partial charge in [-0.05, 0) is 31.4 Å². The Morgan fingerprint density at radius 3 is 2.28 bits per heavy atom. The van der Waals surface area contributed by atoms with E-state index in [-0.39, 0.29) is 11.4 Å². The Balaban J connectivity index is 1.67. The van der Waals surface area contributed by atoms with E-state index >= 15 is 0 Å². The zero-order valence-corrected chi connectivity index (χ0v) is 13.5. The first kappa shape index (κ1) is 16.3. The minimum absolute atomic E-state index is 0.0624. The highest BCUT2D eigenvalue weighted by molar-refractivity contribution is 5.57. The smallest absolute Gasteiger partial charge is 0.375 e. The summed E-state index contributed by atoms with van der Waals surface area (Å²) >= 11 is 0. The van der Waals surface area contributed by atoms with Gasteiger partial charge in [0.15, 0.2) is 11.5 Å². The number of piperidine rings is 1. The number of halogens is 3. The fourth-order valence-corrected chi connectivity index (χ4v) is 3.30. The zero-order valence-electron chi connectivity index (χ0n) is 13.5. The van der Waals surface area contributed by atoms with Gasteiger partial charge in [0.1, 0.15) is 5.82 Å². The fourth-order valence-electron chi connectivity index (χ4n) is 3.30. The Kier molecular flexibility index (Phi) is 3.87. The highest BCUT2D eigenvalue weighted by atomic mass is 19.4. The number of nitrogens with zero attached hydrogens (tertiary/aromatic N) is 4. The van der Waals surface area contributed by atoms with Gasteiger partial charge >= 0.3 is 6.18 Å². The van der Waals surface area contributed by atoms with Crippen LogP contribution in [0.15, 0.2) is 30.6 Å². The second-order valence-electron chi connectivity index (χ2n) is 6.44. The number of hydrogen-bond donors (Lipinski definition) is 0. The van der Waals surface area contributed by atoms with Gasteiger partial charge < -0.3 is 9.64 Å². The van der Waals surface area contributed by atoms with Crippen molar-refractivity contribution in [1.29, 1.82) is 0 Å². The van der Waals surface area contributed by atoms with Gasteiger partial charge in [-0.2, -0.15) is 13.2 Å². The number of alkyl halides is 3. The van der Waals surface area contributed by atoms with Crippen molar-refractivity contribution in [2.24, 2.45) is 0 Å². The van der Waals surface area contributed by atoms with Gasteiger partial charge in [0.25, 0.3) is 0 Å². The Morgan fingerprint density at radius 1 is 1.04 bits per heavy atom. The van der Waals surface area contributed by atoms with E-state index in [9.17, 15) is 13.2 Å². The molecule has 0 unspecified atom stereocenters. The molecule has 0 atom stereocenters. The van der Waals surface area contributed by atoms with Crippen molar-refractivity contribution in [3.05, 3.63) is 36.3 Å². The molecule has 2 aromatic rings. The summed E-state index contributed by atoms with van der Waals surface area (Å²) in [5.41, 5.74) is -0.479. The number of aromatic nitrogens is 3. The molecule has 0 amide bonds.